The van der Waals surface area contributed by atoms with E-state index in [9.17, 15) is 14.4 Å². The molecule has 0 amide bonds. The lowest BCUT2D eigenvalue weighted by atomic mass is 9.98. The second kappa shape index (κ2) is 13.7. The molecule has 0 aliphatic carbocycles. The van der Waals surface area contributed by atoms with Crippen LogP contribution in [0.5, 0.6) is 11.5 Å². The lowest BCUT2D eigenvalue weighted by Crippen LogP contribution is -2.16. The zero-order valence-electron chi connectivity index (χ0n) is 24.2. The normalized spacial score (nSPS) is 10.7. The van der Waals surface area contributed by atoms with E-state index in [4.69, 9.17) is 32.7 Å². The van der Waals surface area contributed by atoms with Gasteiger partial charge >= 0.3 is 6.16 Å². The molecule has 6 rings (SSSR count). The second-order valence-corrected chi connectivity index (χ2v) is 11.2. The first-order valence-electron chi connectivity index (χ1n) is 14.2. The van der Waals surface area contributed by atoms with Crippen molar-refractivity contribution in [3.05, 3.63) is 178 Å². The number of rotatable bonds is 8. The molecular formula is C39H24Cl2O5. The van der Waals surface area contributed by atoms with Crippen molar-refractivity contribution in [1.82, 2.24) is 0 Å². The van der Waals surface area contributed by atoms with Gasteiger partial charge in [-0.2, -0.15) is 0 Å². The maximum absolute atomic E-state index is 13.5. The van der Waals surface area contributed by atoms with Crippen LogP contribution in [-0.4, -0.2) is 17.7 Å². The van der Waals surface area contributed by atoms with Gasteiger partial charge in [-0.05, 0) is 83.9 Å². The van der Waals surface area contributed by atoms with Crippen LogP contribution >= 0.6 is 23.2 Å². The minimum atomic E-state index is -1.04. The SMILES string of the molecule is O=C(Oc1cc(C(=O)c2ccc(Cl)cc2)ccc1-c1ccccc1)Oc1cc(C(=O)c2ccc(Cl)cc2)ccc1-c1ccccc1. The van der Waals surface area contributed by atoms with Crippen molar-refractivity contribution in [3.63, 3.8) is 0 Å². The summed E-state index contributed by atoms with van der Waals surface area (Å²) in [5.41, 5.74) is 4.20. The molecule has 0 unspecified atom stereocenters. The van der Waals surface area contributed by atoms with Gasteiger partial charge in [0.25, 0.3) is 0 Å². The Bertz CT molecular complexity index is 1890. The van der Waals surface area contributed by atoms with Crippen molar-refractivity contribution in [2.45, 2.75) is 0 Å². The molecular weight excluding hydrogens is 619 g/mol. The highest BCUT2D eigenvalue weighted by molar-refractivity contribution is 6.31. The first-order valence-corrected chi connectivity index (χ1v) is 15.0. The Morgan fingerprint density at radius 2 is 0.761 bits per heavy atom. The molecule has 0 fully saturated rings. The van der Waals surface area contributed by atoms with Crippen molar-refractivity contribution in [3.8, 4) is 33.8 Å². The monoisotopic (exact) mass is 642 g/mol. The number of carbonyl (C=O) groups is 3. The van der Waals surface area contributed by atoms with Gasteiger partial charge in [-0.15, -0.1) is 0 Å². The third kappa shape index (κ3) is 6.92. The summed E-state index contributed by atoms with van der Waals surface area (Å²) < 4.78 is 11.6. The van der Waals surface area contributed by atoms with E-state index in [2.05, 4.69) is 0 Å². The van der Waals surface area contributed by atoms with Gasteiger partial charge in [-0.3, -0.25) is 9.59 Å². The summed E-state index contributed by atoms with van der Waals surface area (Å²) in [4.78, 5) is 40.1. The predicted octanol–water partition coefficient (Wildman–Crippen LogP) is 10.4. The number of hydrogen-bond acceptors (Lipinski definition) is 5. The fourth-order valence-electron chi connectivity index (χ4n) is 4.94. The zero-order valence-corrected chi connectivity index (χ0v) is 25.7. The first kappa shape index (κ1) is 30.5. The topological polar surface area (TPSA) is 69.7 Å². The number of ether oxygens (including phenoxy) is 2. The maximum atomic E-state index is 13.5. The van der Waals surface area contributed by atoms with Crippen molar-refractivity contribution in [2.75, 3.05) is 0 Å². The number of carbonyl (C=O) groups excluding carboxylic acids is 3. The Hall–Kier alpha value is -5.49. The predicted molar refractivity (Wildman–Crippen MR) is 180 cm³/mol. The standard InChI is InChI=1S/C39H24Cl2O5/c40-31-17-11-27(12-18-31)37(42)29-15-21-33(25-7-3-1-4-8-25)35(23-29)45-39(44)46-36-24-30(38(43)28-13-19-32(41)20-14-28)16-22-34(36)26-9-5-2-6-10-26/h1-24H. The van der Waals surface area contributed by atoms with Gasteiger partial charge in [0, 0.05) is 43.4 Å². The number of hydrogen-bond donors (Lipinski definition) is 0. The fourth-order valence-corrected chi connectivity index (χ4v) is 5.20. The highest BCUT2D eigenvalue weighted by atomic mass is 35.5. The minimum absolute atomic E-state index is 0.130. The highest BCUT2D eigenvalue weighted by Gasteiger charge is 2.20. The molecule has 6 aromatic rings. The van der Waals surface area contributed by atoms with E-state index in [0.717, 1.165) is 11.1 Å². The fraction of sp³-hybridized carbons (Fsp3) is 0. The molecule has 46 heavy (non-hydrogen) atoms. The third-order valence-corrected chi connectivity index (χ3v) is 7.76. The molecule has 0 spiro atoms. The molecule has 0 heterocycles. The Kier molecular flexibility index (Phi) is 9.06. The van der Waals surface area contributed by atoms with Crippen molar-refractivity contribution in [1.29, 1.82) is 0 Å². The van der Waals surface area contributed by atoms with Crippen LogP contribution < -0.4 is 9.47 Å². The Balaban J connectivity index is 1.35. The molecule has 0 aliphatic rings. The van der Waals surface area contributed by atoms with Gasteiger partial charge in [0.1, 0.15) is 11.5 Å². The average molecular weight is 644 g/mol. The van der Waals surface area contributed by atoms with Crippen LogP contribution in [0.3, 0.4) is 0 Å². The molecule has 0 saturated carbocycles. The van der Waals surface area contributed by atoms with Crippen molar-refractivity contribution in [2.24, 2.45) is 0 Å². The van der Waals surface area contributed by atoms with E-state index in [1.54, 1.807) is 72.8 Å². The van der Waals surface area contributed by atoms with Gasteiger partial charge in [0.2, 0.25) is 0 Å². The largest absolute Gasteiger partial charge is 0.519 e. The average Bonchev–Trinajstić information content (AvgIpc) is 3.09. The number of benzene rings is 6. The molecule has 6 aromatic carbocycles. The first-order chi connectivity index (χ1) is 22.4. The minimum Gasteiger partial charge on any atom is -0.394 e. The molecule has 7 heteroatoms. The lowest BCUT2D eigenvalue weighted by Gasteiger charge is -2.15. The molecule has 0 aromatic heterocycles. The summed E-state index contributed by atoms with van der Waals surface area (Å²) in [5.74, 6) is -0.278. The van der Waals surface area contributed by atoms with E-state index >= 15 is 0 Å². The summed E-state index contributed by atoms with van der Waals surface area (Å²) in [6.45, 7) is 0. The van der Waals surface area contributed by atoms with Gasteiger partial charge in [-0.25, -0.2) is 4.79 Å². The molecule has 0 aliphatic heterocycles. The molecule has 0 radical (unpaired) electrons. The number of halogens is 2. The number of ketones is 2. The quantitative estimate of drug-likeness (QED) is 0.0938. The van der Waals surface area contributed by atoms with Crippen LogP contribution in [0.4, 0.5) is 4.79 Å². The Labute approximate surface area is 275 Å². The Morgan fingerprint density at radius 1 is 0.413 bits per heavy atom. The van der Waals surface area contributed by atoms with Crippen molar-refractivity contribution < 1.29 is 23.9 Å². The molecule has 0 bridgehead atoms. The molecule has 0 saturated heterocycles. The lowest BCUT2D eigenvalue weighted by molar-refractivity contribution is 0.103. The van der Waals surface area contributed by atoms with Crippen LogP contribution in [-0.2, 0) is 0 Å². The van der Waals surface area contributed by atoms with Gasteiger partial charge in [0.15, 0.2) is 11.6 Å². The molecule has 0 atom stereocenters. The van der Waals surface area contributed by atoms with Crippen LogP contribution in [0.1, 0.15) is 31.8 Å². The Morgan fingerprint density at radius 3 is 1.13 bits per heavy atom. The molecule has 5 nitrogen and oxygen atoms in total. The summed E-state index contributed by atoms with van der Waals surface area (Å²) in [6.07, 6.45) is -1.04. The van der Waals surface area contributed by atoms with Crippen LogP contribution in [0.15, 0.2) is 146 Å². The van der Waals surface area contributed by atoms with E-state index < -0.39 is 6.16 Å². The molecule has 224 valence electrons. The summed E-state index contributed by atoms with van der Waals surface area (Å²) in [5, 5.41) is 1.02. The smallest absolute Gasteiger partial charge is 0.394 e. The highest BCUT2D eigenvalue weighted by Crippen LogP contribution is 2.35. The van der Waals surface area contributed by atoms with E-state index in [1.807, 2.05) is 60.7 Å². The zero-order chi connectivity index (χ0) is 32.0. The summed E-state index contributed by atoms with van der Waals surface area (Å²) in [6, 6.07) is 41.6. The van der Waals surface area contributed by atoms with E-state index in [1.165, 1.54) is 12.1 Å². The van der Waals surface area contributed by atoms with Gasteiger partial charge in [-0.1, -0.05) is 96.0 Å². The van der Waals surface area contributed by atoms with E-state index in [0.29, 0.717) is 43.4 Å². The summed E-state index contributed by atoms with van der Waals surface area (Å²) >= 11 is 12.0. The van der Waals surface area contributed by atoms with E-state index in [-0.39, 0.29) is 23.1 Å². The van der Waals surface area contributed by atoms with Crippen LogP contribution in [0.2, 0.25) is 10.0 Å². The van der Waals surface area contributed by atoms with Crippen LogP contribution in [0, 0.1) is 0 Å². The second-order valence-electron chi connectivity index (χ2n) is 10.3. The third-order valence-electron chi connectivity index (χ3n) is 7.26. The summed E-state index contributed by atoms with van der Waals surface area (Å²) in [7, 11) is 0. The van der Waals surface area contributed by atoms with Crippen LogP contribution in [0.25, 0.3) is 22.3 Å². The molecule has 0 N–H and O–H groups in total. The van der Waals surface area contributed by atoms with Crippen molar-refractivity contribution >= 4 is 40.9 Å². The van der Waals surface area contributed by atoms with Gasteiger partial charge in [0.05, 0.1) is 0 Å². The van der Waals surface area contributed by atoms with Gasteiger partial charge < -0.3 is 9.47 Å². The maximum Gasteiger partial charge on any atom is 0.519 e.